The summed E-state index contributed by atoms with van der Waals surface area (Å²) in [6.45, 7) is 5.04. The highest BCUT2D eigenvalue weighted by Gasteiger charge is 2.27. The molecule has 1 aromatic heterocycles. The lowest BCUT2D eigenvalue weighted by atomic mass is 10.1. The van der Waals surface area contributed by atoms with Gasteiger partial charge in [-0.15, -0.1) is 11.3 Å². The molecule has 0 amide bonds. The molecule has 148 valence electrons. The minimum atomic E-state index is 0.221. The number of hydrogen-bond acceptors (Lipinski definition) is 7. The van der Waals surface area contributed by atoms with Crippen molar-refractivity contribution in [3.63, 3.8) is 0 Å². The van der Waals surface area contributed by atoms with Crippen LogP contribution in [-0.4, -0.2) is 73.4 Å². The molecule has 1 aliphatic rings. The lowest BCUT2D eigenvalue weighted by Gasteiger charge is -2.41. The highest BCUT2D eigenvalue weighted by molar-refractivity contribution is 7.15. The molecular formula is C20H30N4O2S. The monoisotopic (exact) mass is 390 g/mol. The van der Waals surface area contributed by atoms with E-state index in [0.717, 1.165) is 50.0 Å². The first kappa shape index (κ1) is 20.1. The molecule has 1 atom stereocenters. The van der Waals surface area contributed by atoms with E-state index in [0.29, 0.717) is 6.04 Å². The molecular weight excluding hydrogens is 360 g/mol. The number of anilines is 1. The van der Waals surface area contributed by atoms with Crippen molar-refractivity contribution in [1.82, 2.24) is 14.8 Å². The fraction of sp³-hybridized carbons (Fsp3) is 0.550. The van der Waals surface area contributed by atoms with Gasteiger partial charge in [-0.2, -0.15) is 0 Å². The second-order valence-electron chi connectivity index (χ2n) is 7.23. The molecule has 6 nitrogen and oxygen atoms in total. The summed E-state index contributed by atoms with van der Waals surface area (Å²) in [5.41, 5.74) is 1.25. The third-order valence-corrected chi connectivity index (χ3v) is 6.12. The van der Waals surface area contributed by atoms with Gasteiger partial charge in [-0.3, -0.25) is 9.80 Å². The fourth-order valence-corrected chi connectivity index (χ4v) is 4.41. The number of aliphatic hydroxyl groups excluding tert-OH is 1. The Kier molecular flexibility index (Phi) is 7.07. The first-order chi connectivity index (χ1) is 13.1. The second-order valence-corrected chi connectivity index (χ2v) is 8.32. The molecule has 1 aliphatic heterocycles. The molecule has 3 rings (SSSR count). The van der Waals surface area contributed by atoms with Crippen molar-refractivity contribution in [3.05, 3.63) is 40.9 Å². The third-order valence-electron chi connectivity index (χ3n) is 4.97. The normalized spacial score (nSPS) is 18.6. The molecule has 0 unspecified atom stereocenters. The predicted octanol–water partition coefficient (Wildman–Crippen LogP) is 2.29. The SMILES string of the molecule is COc1cccc(CN2CCN(Cc3cnc(N(C)C)s3)C[C@H]2CCO)c1. The number of aliphatic hydroxyl groups is 1. The van der Waals surface area contributed by atoms with Crippen LogP contribution >= 0.6 is 11.3 Å². The van der Waals surface area contributed by atoms with E-state index >= 15 is 0 Å². The van der Waals surface area contributed by atoms with Gasteiger partial charge in [0.15, 0.2) is 5.13 Å². The Balaban J connectivity index is 1.61. The molecule has 1 fully saturated rings. The smallest absolute Gasteiger partial charge is 0.185 e. The van der Waals surface area contributed by atoms with E-state index in [2.05, 4.69) is 31.8 Å². The van der Waals surface area contributed by atoms with Crippen molar-refractivity contribution in [3.8, 4) is 5.75 Å². The average Bonchev–Trinajstić information content (AvgIpc) is 3.13. The number of benzene rings is 1. The quantitative estimate of drug-likeness (QED) is 0.746. The largest absolute Gasteiger partial charge is 0.497 e. The first-order valence-electron chi connectivity index (χ1n) is 9.41. The van der Waals surface area contributed by atoms with Crippen molar-refractivity contribution < 1.29 is 9.84 Å². The summed E-state index contributed by atoms with van der Waals surface area (Å²) in [4.78, 5) is 12.8. The minimum absolute atomic E-state index is 0.221. The zero-order valence-electron chi connectivity index (χ0n) is 16.5. The third kappa shape index (κ3) is 5.42. The van der Waals surface area contributed by atoms with Gasteiger partial charge in [0.1, 0.15) is 5.75 Å². The van der Waals surface area contributed by atoms with Crippen LogP contribution in [0.1, 0.15) is 16.9 Å². The zero-order valence-corrected chi connectivity index (χ0v) is 17.3. The number of ether oxygens (including phenoxy) is 1. The second kappa shape index (κ2) is 9.50. The van der Waals surface area contributed by atoms with Crippen molar-refractivity contribution in [2.24, 2.45) is 0 Å². The van der Waals surface area contributed by atoms with Crippen molar-refractivity contribution >= 4 is 16.5 Å². The Morgan fingerprint density at radius 2 is 2.15 bits per heavy atom. The van der Waals surface area contributed by atoms with E-state index < -0.39 is 0 Å². The molecule has 0 saturated carbocycles. The minimum Gasteiger partial charge on any atom is -0.497 e. The number of piperazine rings is 1. The molecule has 0 aliphatic carbocycles. The lowest BCUT2D eigenvalue weighted by molar-refractivity contribution is 0.0504. The highest BCUT2D eigenvalue weighted by atomic mass is 32.1. The highest BCUT2D eigenvalue weighted by Crippen LogP contribution is 2.24. The summed E-state index contributed by atoms with van der Waals surface area (Å²) in [6, 6.07) is 8.62. The van der Waals surface area contributed by atoms with E-state index in [-0.39, 0.29) is 6.61 Å². The maximum atomic E-state index is 9.55. The Labute approximate surface area is 166 Å². The van der Waals surface area contributed by atoms with Gasteiger partial charge in [0.25, 0.3) is 0 Å². The van der Waals surface area contributed by atoms with Crippen LogP contribution in [-0.2, 0) is 13.1 Å². The van der Waals surface area contributed by atoms with E-state index in [1.165, 1.54) is 10.4 Å². The first-order valence-corrected chi connectivity index (χ1v) is 10.2. The van der Waals surface area contributed by atoms with Gasteiger partial charge >= 0.3 is 0 Å². The lowest BCUT2D eigenvalue weighted by Crippen LogP contribution is -2.52. The van der Waals surface area contributed by atoms with Crippen LogP contribution in [0.4, 0.5) is 5.13 Å². The predicted molar refractivity (Wildman–Crippen MR) is 111 cm³/mol. The summed E-state index contributed by atoms with van der Waals surface area (Å²) >= 11 is 1.75. The molecule has 1 aromatic carbocycles. The van der Waals surface area contributed by atoms with Crippen LogP contribution < -0.4 is 9.64 Å². The number of nitrogens with zero attached hydrogens (tertiary/aromatic N) is 4. The standard InChI is InChI=1S/C20H30N4O2S/c1-22(2)20-21-12-19(27-20)15-23-8-9-24(17(14-23)7-10-25)13-16-5-4-6-18(11-16)26-3/h4-6,11-12,17,25H,7-10,13-15H2,1-3H3/t17-/m1/s1. The molecule has 2 heterocycles. The van der Waals surface area contributed by atoms with E-state index in [1.807, 2.05) is 32.4 Å². The van der Waals surface area contributed by atoms with Crippen LogP contribution in [0.15, 0.2) is 30.5 Å². The zero-order chi connectivity index (χ0) is 19.2. The van der Waals surface area contributed by atoms with Gasteiger partial charge in [0, 0.05) is 70.5 Å². The Bertz CT molecular complexity index is 722. The summed E-state index contributed by atoms with van der Waals surface area (Å²) in [5, 5.41) is 10.6. The van der Waals surface area contributed by atoms with E-state index in [4.69, 9.17) is 4.74 Å². The Hall–Kier alpha value is -1.67. The molecule has 27 heavy (non-hydrogen) atoms. The molecule has 0 radical (unpaired) electrons. The van der Waals surface area contributed by atoms with Gasteiger partial charge in [-0.25, -0.2) is 4.98 Å². The van der Waals surface area contributed by atoms with Gasteiger partial charge in [0.05, 0.1) is 7.11 Å². The maximum Gasteiger partial charge on any atom is 0.185 e. The Morgan fingerprint density at radius 1 is 1.30 bits per heavy atom. The van der Waals surface area contributed by atoms with Crippen LogP contribution in [0.5, 0.6) is 5.75 Å². The van der Waals surface area contributed by atoms with Gasteiger partial charge in [0.2, 0.25) is 0 Å². The fourth-order valence-electron chi connectivity index (χ4n) is 3.53. The number of methoxy groups -OCH3 is 1. The summed E-state index contributed by atoms with van der Waals surface area (Å²) in [5.74, 6) is 0.895. The summed E-state index contributed by atoms with van der Waals surface area (Å²) in [6.07, 6.45) is 2.79. The van der Waals surface area contributed by atoms with E-state index in [9.17, 15) is 5.11 Å². The van der Waals surface area contributed by atoms with Gasteiger partial charge in [-0.05, 0) is 24.1 Å². The van der Waals surface area contributed by atoms with Crippen LogP contribution in [0.25, 0.3) is 0 Å². The number of rotatable bonds is 8. The van der Waals surface area contributed by atoms with Crippen LogP contribution in [0.3, 0.4) is 0 Å². The molecule has 0 spiro atoms. The molecule has 1 saturated heterocycles. The van der Waals surface area contributed by atoms with Crippen LogP contribution in [0.2, 0.25) is 0 Å². The van der Waals surface area contributed by atoms with Gasteiger partial charge < -0.3 is 14.7 Å². The molecule has 1 N–H and O–H groups in total. The molecule has 2 aromatic rings. The average molecular weight is 391 g/mol. The maximum absolute atomic E-state index is 9.55. The van der Waals surface area contributed by atoms with Gasteiger partial charge in [-0.1, -0.05) is 12.1 Å². The molecule has 0 bridgehead atoms. The molecule has 7 heteroatoms. The van der Waals surface area contributed by atoms with Crippen molar-refractivity contribution in [2.45, 2.75) is 25.6 Å². The van der Waals surface area contributed by atoms with E-state index in [1.54, 1.807) is 18.4 Å². The summed E-state index contributed by atoms with van der Waals surface area (Å²) < 4.78 is 5.35. The summed E-state index contributed by atoms with van der Waals surface area (Å²) in [7, 11) is 5.75. The Morgan fingerprint density at radius 3 is 2.85 bits per heavy atom. The topological polar surface area (TPSA) is 52.1 Å². The number of aromatic nitrogens is 1. The van der Waals surface area contributed by atoms with Crippen molar-refractivity contribution in [1.29, 1.82) is 0 Å². The number of hydrogen-bond donors (Lipinski definition) is 1. The van der Waals surface area contributed by atoms with Crippen LogP contribution in [0, 0.1) is 0 Å². The number of thiazole rings is 1. The van der Waals surface area contributed by atoms with Crippen molar-refractivity contribution in [2.75, 3.05) is 52.3 Å².